The van der Waals surface area contributed by atoms with E-state index in [9.17, 15) is 4.79 Å². The van der Waals surface area contributed by atoms with Gasteiger partial charge in [0.05, 0.1) is 22.9 Å². The molecule has 0 radical (unpaired) electrons. The van der Waals surface area contributed by atoms with Crippen molar-refractivity contribution in [1.82, 2.24) is 14.8 Å². The number of rotatable bonds is 3. The molecule has 0 aliphatic heterocycles. The van der Waals surface area contributed by atoms with Crippen LogP contribution in [0.1, 0.15) is 16.1 Å². The van der Waals surface area contributed by atoms with Gasteiger partial charge in [0.1, 0.15) is 5.69 Å². The molecule has 0 unspecified atom stereocenters. The maximum absolute atomic E-state index is 13.6. The molecule has 3 heterocycles. The molecule has 0 saturated carbocycles. The van der Waals surface area contributed by atoms with Gasteiger partial charge in [0.2, 0.25) is 0 Å². The summed E-state index contributed by atoms with van der Waals surface area (Å²) in [4.78, 5) is 20.0. The van der Waals surface area contributed by atoms with E-state index in [1.54, 1.807) is 35.0 Å². The lowest BCUT2D eigenvalue weighted by molar-refractivity contribution is 0.0994. The predicted octanol–water partition coefficient (Wildman–Crippen LogP) is 4.97. The molecular formula is C24H20N4O2. The number of hydrogen-bond donors (Lipinski definition) is 0. The van der Waals surface area contributed by atoms with Crippen LogP contribution < -0.4 is 4.90 Å². The fourth-order valence-corrected chi connectivity index (χ4v) is 3.85. The van der Waals surface area contributed by atoms with Crippen molar-refractivity contribution in [3.8, 4) is 11.5 Å². The number of hydrogen-bond acceptors (Lipinski definition) is 4. The fraction of sp³-hybridized carbons (Fsp3) is 0.125. The highest BCUT2D eigenvalue weighted by molar-refractivity contribution is 6.14. The van der Waals surface area contributed by atoms with Gasteiger partial charge >= 0.3 is 0 Å². The van der Waals surface area contributed by atoms with E-state index in [2.05, 4.69) is 11.2 Å². The van der Waals surface area contributed by atoms with Crippen molar-refractivity contribution in [1.29, 1.82) is 0 Å². The standard InChI is InChI=1S/C24H20N4O2/c1-15-22-19(14-20(21-9-6-12-30-21)25-23(22)28(3)26-15)24(29)27(2)18-11-10-16-7-4-5-8-17(16)13-18/h4-14H,1-3H3. The Morgan fingerprint density at radius 2 is 1.83 bits per heavy atom. The van der Waals surface area contributed by atoms with Crippen LogP contribution in [-0.4, -0.2) is 27.7 Å². The first-order valence-electron chi connectivity index (χ1n) is 9.68. The van der Waals surface area contributed by atoms with E-state index in [0.29, 0.717) is 22.7 Å². The van der Waals surface area contributed by atoms with Gasteiger partial charge in [-0.05, 0) is 48.0 Å². The van der Waals surface area contributed by atoms with E-state index >= 15 is 0 Å². The van der Waals surface area contributed by atoms with Crippen LogP contribution in [0.15, 0.2) is 71.3 Å². The van der Waals surface area contributed by atoms with Gasteiger partial charge < -0.3 is 9.32 Å². The van der Waals surface area contributed by atoms with Crippen LogP contribution in [-0.2, 0) is 7.05 Å². The van der Waals surface area contributed by atoms with Crippen LogP contribution in [0, 0.1) is 6.92 Å². The maximum atomic E-state index is 13.6. The highest BCUT2D eigenvalue weighted by Gasteiger charge is 2.23. The Balaban J connectivity index is 1.66. The number of aryl methyl sites for hydroxylation is 2. The number of carbonyl (C=O) groups excluding carboxylic acids is 1. The minimum atomic E-state index is -0.124. The Labute approximate surface area is 173 Å². The number of fused-ring (bicyclic) bond motifs is 2. The molecule has 0 aliphatic rings. The second-order valence-corrected chi connectivity index (χ2v) is 7.34. The zero-order chi connectivity index (χ0) is 20.8. The summed E-state index contributed by atoms with van der Waals surface area (Å²) in [5.41, 5.74) is 3.39. The third kappa shape index (κ3) is 2.85. The Bertz CT molecular complexity index is 1400. The summed E-state index contributed by atoms with van der Waals surface area (Å²) in [5.74, 6) is 0.486. The first kappa shape index (κ1) is 18.1. The number of anilines is 1. The summed E-state index contributed by atoms with van der Waals surface area (Å²) in [6.07, 6.45) is 1.60. The number of furan rings is 1. The Hall–Kier alpha value is -3.93. The molecule has 0 atom stereocenters. The molecule has 0 saturated heterocycles. The molecule has 0 aliphatic carbocycles. The largest absolute Gasteiger partial charge is 0.463 e. The van der Waals surface area contributed by atoms with Crippen molar-refractivity contribution in [3.05, 3.63) is 78.2 Å². The summed E-state index contributed by atoms with van der Waals surface area (Å²) >= 11 is 0. The molecule has 5 aromatic rings. The zero-order valence-corrected chi connectivity index (χ0v) is 17.0. The number of carbonyl (C=O) groups is 1. The van der Waals surface area contributed by atoms with E-state index in [-0.39, 0.29) is 5.91 Å². The quantitative estimate of drug-likeness (QED) is 0.432. The summed E-state index contributed by atoms with van der Waals surface area (Å²) in [6.45, 7) is 1.89. The molecule has 6 nitrogen and oxygen atoms in total. The molecule has 0 spiro atoms. The highest BCUT2D eigenvalue weighted by Crippen LogP contribution is 2.29. The second kappa shape index (κ2) is 6.84. The Morgan fingerprint density at radius 3 is 2.60 bits per heavy atom. The van der Waals surface area contributed by atoms with Gasteiger partial charge in [-0.1, -0.05) is 30.3 Å². The van der Waals surface area contributed by atoms with Crippen LogP contribution in [0.2, 0.25) is 0 Å². The molecule has 30 heavy (non-hydrogen) atoms. The number of aromatic nitrogens is 3. The van der Waals surface area contributed by atoms with E-state index in [1.807, 2.05) is 56.4 Å². The molecule has 3 aromatic heterocycles. The monoisotopic (exact) mass is 396 g/mol. The molecule has 0 bridgehead atoms. The van der Waals surface area contributed by atoms with E-state index < -0.39 is 0 Å². The van der Waals surface area contributed by atoms with Crippen LogP contribution in [0.3, 0.4) is 0 Å². The number of benzene rings is 2. The van der Waals surface area contributed by atoms with Crippen molar-refractivity contribution in [2.24, 2.45) is 7.05 Å². The van der Waals surface area contributed by atoms with Crippen LogP contribution in [0.25, 0.3) is 33.3 Å². The average Bonchev–Trinajstić information content (AvgIpc) is 3.40. The molecule has 6 heteroatoms. The van der Waals surface area contributed by atoms with Gasteiger partial charge in [-0.25, -0.2) is 4.98 Å². The maximum Gasteiger partial charge on any atom is 0.258 e. The van der Waals surface area contributed by atoms with Gasteiger partial charge in [-0.15, -0.1) is 0 Å². The van der Waals surface area contributed by atoms with Crippen molar-refractivity contribution in [3.63, 3.8) is 0 Å². The summed E-state index contributed by atoms with van der Waals surface area (Å²) in [6, 6.07) is 19.5. The first-order valence-corrected chi connectivity index (χ1v) is 9.68. The van der Waals surface area contributed by atoms with Crippen molar-refractivity contribution in [2.45, 2.75) is 6.92 Å². The Kier molecular flexibility index (Phi) is 4.13. The zero-order valence-electron chi connectivity index (χ0n) is 17.0. The summed E-state index contributed by atoms with van der Waals surface area (Å²) in [7, 11) is 3.62. The third-order valence-electron chi connectivity index (χ3n) is 5.40. The van der Waals surface area contributed by atoms with Crippen molar-refractivity contribution >= 4 is 33.4 Å². The van der Waals surface area contributed by atoms with E-state index in [0.717, 1.165) is 27.5 Å². The predicted molar refractivity (Wildman–Crippen MR) is 118 cm³/mol. The molecule has 0 N–H and O–H groups in total. The molecular weight excluding hydrogens is 376 g/mol. The lowest BCUT2D eigenvalue weighted by atomic mass is 10.1. The van der Waals surface area contributed by atoms with Crippen molar-refractivity contribution in [2.75, 3.05) is 11.9 Å². The van der Waals surface area contributed by atoms with Crippen LogP contribution in [0.4, 0.5) is 5.69 Å². The summed E-state index contributed by atoms with van der Waals surface area (Å²) in [5, 5.41) is 7.46. The molecule has 148 valence electrons. The van der Waals surface area contributed by atoms with Gasteiger partial charge in [-0.3, -0.25) is 9.48 Å². The first-order chi connectivity index (χ1) is 14.5. The van der Waals surface area contributed by atoms with Crippen LogP contribution in [0.5, 0.6) is 0 Å². The number of pyridine rings is 1. The van der Waals surface area contributed by atoms with Crippen LogP contribution >= 0.6 is 0 Å². The molecule has 5 rings (SSSR count). The van der Waals surface area contributed by atoms with Gasteiger partial charge in [0.25, 0.3) is 5.91 Å². The SMILES string of the molecule is Cc1nn(C)c2nc(-c3ccco3)cc(C(=O)N(C)c3ccc4ccccc4c3)c12. The smallest absolute Gasteiger partial charge is 0.258 e. The summed E-state index contributed by atoms with van der Waals surface area (Å²) < 4.78 is 7.22. The molecule has 1 amide bonds. The minimum absolute atomic E-state index is 0.124. The molecule has 2 aromatic carbocycles. The lowest BCUT2D eigenvalue weighted by Gasteiger charge is -2.19. The highest BCUT2D eigenvalue weighted by atomic mass is 16.3. The van der Waals surface area contributed by atoms with Gasteiger partial charge in [-0.2, -0.15) is 5.10 Å². The van der Waals surface area contributed by atoms with E-state index in [4.69, 9.17) is 9.40 Å². The topological polar surface area (TPSA) is 64.2 Å². The number of nitrogens with zero attached hydrogens (tertiary/aromatic N) is 4. The third-order valence-corrected chi connectivity index (χ3v) is 5.40. The minimum Gasteiger partial charge on any atom is -0.463 e. The molecule has 0 fully saturated rings. The Morgan fingerprint density at radius 1 is 1.03 bits per heavy atom. The normalized spacial score (nSPS) is 11.3. The fourth-order valence-electron chi connectivity index (χ4n) is 3.85. The van der Waals surface area contributed by atoms with E-state index in [1.165, 1.54) is 0 Å². The average molecular weight is 396 g/mol. The lowest BCUT2D eigenvalue weighted by Crippen LogP contribution is -2.26. The number of amides is 1. The van der Waals surface area contributed by atoms with Crippen molar-refractivity contribution < 1.29 is 9.21 Å². The second-order valence-electron chi connectivity index (χ2n) is 7.34. The van der Waals surface area contributed by atoms with Gasteiger partial charge in [0, 0.05) is 19.8 Å². The van der Waals surface area contributed by atoms with Gasteiger partial charge in [0.15, 0.2) is 11.4 Å².